The lowest BCUT2D eigenvalue weighted by Gasteiger charge is -2.08. The molecule has 0 aromatic heterocycles. The van der Waals surface area contributed by atoms with E-state index in [0.717, 1.165) is 23.1 Å². The lowest BCUT2D eigenvalue weighted by molar-refractivity contribution is 0.362. The highest BCUT2D eigenvalue weighted by atomic mass is 79.9. The second-order valence-electron chi connectivity index (χ2n) is 3.43. The van der Waals surface area contributed by atoms with Crippen LogP contribution in [0.15, 0.2) is 42.5 Å². The highest BCUT2D eigenvalue weighted by molar-refractivity contribution is 9.09. The van der Waals surface area contributed by atoms with Crippen LogP contribution in [-0.2, 0) is 0 Å². The van der Waals surface area contributed by atoms with Crippen molar-refractivity contribution in [3.8, 4) is 5.75 Å². The number of halogens is 1. The molecule has 1 aromatic carbocycles. The predicted molar refractivity (Wildman–Crippen MR) is 74.2 cm³/mol. The largest absolute Gasteiger partial charge is 0.489 e. The van der Waals surface area contributed by atoms with Crippen molar-refractivity contribution < 1.29 is 4.74 Å². The van der Waals surface area contributed by atoms with Gasteiger partial charge in [-0.2, -0.15) is 0 Å². The van der Waals surface area contributed by atoms with Crippen molar-refractivity contribution in [2.75, 3.05) is 11.9 Å². The number of para-hydroxylation sites is 1. The Labute approximate surface area is 106 Å². The normalized spacial score (nSPS) is 11.2. The Bertz CT molecular complexity index is 363. The van der Waals surface area contributed by atoms with Gasteiger partial charge in [-0.25, -0.2) is 0 Å². The van der Waals surface area contributed by atoms with Crippen LogP contribution in [0, 0.1) is 0 Å². The zero-order valence-corrected chi connectivity index (χ0v) is 11.2. The van der Waals surface area contributed by atoms with Crippen LogP contribution in [0.4, 0.5) is 0 Å². The summed E-state index contributed by atoms with van der Waals surface area (Å²) in [5, 5.41) is 0.902. The Morgan fingerprint density at radius 2 is 2.19 bits per heavy atom. The molecule has 0 spiro atoms. The zero-order chi connectivity index (χ0) is 11.8. The fourth-order valence-corrected chi connectivity index (χ4v) is 1.89. The first-order valence-electron chi connectivity index (χ1n) is 5.40. The lowest BCUT2D eigenvalue weighted by atomic mass is 10.1. The summed E-state index contributed by atoms with van der Waals surface area (Å²) < 4.78 is 5.60. The molecule has 0 aliphatic carbocycles. The molecule has 0 atom stereocenters. The van der Waals surface area contributed by atoms with Gasteiger partial charge >= 0.3 is 0 Å². The SMILES string of the molecule is C=CCOc1ccccc1C=C(CC)CBr. The third-order valence-electron chi connectivity index (χ3n) is 2.26. The van der Waals surface area contributed by atoms with E-state index >= 15 is 0 Å². The molecule has 0 aliphatic heterocycles. The van der Waals surface area contributed by atoms with Gasteiger partial charge in [-0.15, -0.1) is 0 Å². The fourth-order valence-electron chi connectivity index (χ4n) is 1.33. The van der Waals surface area contributed by atoms with Crippen LogP contribution in [0.3, 0.4) is 0 Å². The average molecular weight is 281 g/mol. The zero-order valence-electron chi connectivity index (χ0n) is 9.58. The van der Waals surface area contributed by atoms with Crippen molar-refractivity contribution in [2.45, 2.75) is 13.3 Å². The summed E-state index contributed by atoms with van der Waals surface area (Å²) >= 11 is 3.49. The van der Waals surface area contributed by atoms with Gasteiger partial charge in [0.25, 0.3) is 0 Å². The standard InChI is InChI=1S/C14H17BrO/c1-3-9-16-14-8-6-5-7-13(14)10-12(4-2)11-15/h3,5-8,10H,1,4,9,11H2,2H3. The quantitative estimate of drug-likeness (QED) is 0.553. The summed E-state index contributed by atoms with van der Waals surface area (Å²) in [5.41, 5.74) is 2.48. The minimum Gasteiger partial charge on any atom is -0.489 e. The molecule has 86 valence electrons. The van der Waals surface area contributed by atoms with Crippen LogP contribution in [0.25, 0.3) is 6.08 Å². The van der Waals surface area contributed by atoms with E-state index in [-0.39, 0.29) is 0 Å². The Morgan fingerprint density at radius 1 is 1.44 bits per heavy atom. The molecule has 0 N–H and O–H groups in total. The lowest BCUT2D eigenvalue weighted by Crippen LogP contribution is -1.95. The monoisotopic (exact) mass is 280 g/mol. The molecule has 0 heterocycles. The van der Waals surface area contributed by atoms with Crippen molar-refractivity contribution in [1.29, 1.82) is 0 Å². The fraction of sp³-hybridized carbons (Fsp3) is 0.286. The molecule has 0 amide bonds. The van der Waals surface area contributed by atoms with Gasteiger partial charge < -0.3 is 4.74 Å². The van der Waals surface area contributed by atoms with Crippen molar-refractivity contribution >= 4 is 22.0 Å². The first kappa shape index (κ1) is 13.0. The van der Waals surface area contributed by atoms with E-state index in [1.54, 1.807) is 6.08 Å². The van der Waals surface area contributed by atoms with Crippen LogP contribution < -0.4 is 4.74 Å². The highest BCUT2D eigenvalue weighted by Crippen LogP contribution is 2.22. The molecule has 0 aliphatic rings. The number of ether oxygens (including phenoxy) is 1. The van der Waals surface area contributed by atoms with E-state index in [2.05, 4.69) is 41.6 Å². The molecule has 1 rings (SSSR count). The van der Waals surface area contributed by atoms with Gasteiger partial charge in [-0.3, -0.25) is 0 Å². The minimum absolute atomic E-state index is 0.542. The molecule has 2 heteroatoms. The summed E-state index contributed by atoms with van der Waals surface area (Å²) in [4.78, 5) is 0. The third kappa shape index (κ3) is 3.86. The third-order valence-corrected chi connectivity index (χ3v) is 2.98. The summed E-state index contributed by atoms with van der Waals surface area (Å²) in [7, 11) is 0. The maximum Gasteiger partial charge on any atom is 0.126 e. The second kappa shape index (κ2) is 7.29. The number of rotatable bonds is 6. The molecule has 0 radical (unpaired) electrons. The first-order valence-corrected chi connectivity index (χ1v) is 6.52. The average Bonchev–Trinajstić information content (AvgIpc) is 2.34. The Kier molecular flexibility index (Phi) is 5.94. The second-order valence-corrected chi connectivity index (χ2v) is 3.99. The molecule has 1 nitrogen and oxygen atoms in total. The van der Waals surface area contributed by atoms with Gasteiger partial charge in [0.1, 0.15) is 12.4 Å². The molecular weight excluding hydrogens is 264 g/mol. The van der Waals surface area contributed by atoms with E-state index in [0.29, 0.717) is 6.61 Å². The van der Waals surface area contributed by atoms with Gasteiger partial charge in [-0.1, -0.05) is 65.4 Å². The van der Waals surface area contributed by atoms with Gasteiger partial charge in [0.15, 0.2) is 0 Å². The van der Waals surface area contributed by atoms with E-state index in [1.807, 2.05) is 18.2 Å². The van der Waals surface area contributed by atoms with Gasteiger partial charge in [-0.05, 0) is 12.5 Å². The summed E-state index contributed by atoms with van der Waals surface area (Å²) in [5.74, 6) is 0.911. The van der Waals surface area contributed by atoms with Crippen LogP contribution in [0.2, 0.25) is 0 Å². The number of hydrogen-bond acceptors (Lipinski definition) is 1. The number of allylic oxidation sites excluding steroid dienone is 1. The molecule has 0 saturated heterocycles. The molecule has 1 aromatic rings. The van der Waals surface area contributed by atoms with Gasteiger partial charge in [0.05, 0.1) is 0 Å². The number of hydrogen-bond donors (Lipinski definition) is 0. The van der Waals surface area contributed by atoms with Crippen LogP contribution in [-0.4, -0.2) is 11.9 Å². The predicted octanol–water partition coefficient (Wildman–Crippen LogP) is 4.44. The minimum atomic E-state index is 0.542. The van der Waals surface area contributed by atoms with Crippen molar-refractivity contribution in [1.82, 2.24) is 0 Å². The van der Waals surface area contributed by atoms with E-state index < -0.39 is 0 Å². The maximum absolute atomic E-state index is 5.60. The molecule has 16 heavy (non-hydrogen) atoms. The van der Waals surface area contributed by atoms with Crippen molar-refractivity contribution in [3.63, 3.8) is 0 Å². The van der Waals surface area contributed by atoms with E-state index in [9.17, 15) is 0 Å². The molecule has 0 unspecified atom stereocenters. The highest BCUT2D eigenvalue weighted by Gasteiger charge is 2.00. The maximum atomic E-state index is 5.60. The van der Waals surface area contributed by atoms with Gasteiger partial charge in [0, 0.05) is 10.9 Å². The van der Waals surface area contributed by atoms with Crippen LogP contribution >= 0.6 is 15.9 Å². The first-order chi connectivity index (χ1) is 7.81. The summed E-state index contributed by atoms with van der Waals surface area (Å²) in [6.45, 7) is 6.35. The summed E-state index contributed by atoms with van der Waals surface area (Å²) in [6, 6.07) is 8.05. The van der Waals surface area contributed by atoms with Crippen LogP contribution in [0.5, 0.6) is 5.75 Å². The molecule has 0 bridgehead atoms. The molecule has 0 saturated carbocycles. The van der Waals surface area contributed by atoms with E-state index in [4.69, 9.17) is 4.74 Å². The Hall–Kier alpha value is -1.02. The van der Waals surface area contributed by atoms with Crippen molar-refractivity contribution in [3.05, 3.63) is 48.1 Å². The Balaban J connectivity index is 2.93. The number of benzene rings is 1. The van der Waals surface area contributed by atoms with E-state index in [1.165, 1.54) is 5.57 Å². The molecular formula is C14H17BrO. The molecule has 0 fully saturated rings. The Morgan fingerprint density at radius 3 is 2.81 bits per heavy atom. The smallest absolute Gasteiger partial charge is 0.126 e. The van der Waals surface area contributed by atoms with Crippen molar-refractivity contribution in [2.24, 2.45) is 0 Å². The number of alkyl halides is 1. The van der Waals surface area contributed by atoms with Gasteiger partial charge in [0.2, 0.25) is 0 Å². The summed E-state index contributed by atoms with van der Waals surface area (Å²) in [6.07, 6.45) is 4.97. The van der Waals surface area contributed by atoms with Crippen LogP contribution in [0.1, 0.15) is 18.9 Å². The topological polar surface area (TPSA) is 9.23 Å².